The molecule has 0 aliphatic heterocycles. The molecule has 0 aromatic heterocycles. The Kier molecular flexibility index (Phi) is 7.10. The molecule has 0 amide bonds. The maximum absolute atomic E-state index is 12.6. The van der Waals surface area contributed by atoms with Gasteiger partial charge < -0.3 is 0 Å². The van der Waals surface area contributed by atoms with Crippen LogP contribution in [0.2, 0.25) is 0 Å². The van der Waals surface area contributed by atoms with Gasteiger partial charge in [0.15, 0.2) is 11.6 Å². The summed E-state index contributed by atoms with van der Waals surface area (Å²) in [5.74, 6) is 0.0729. The zero-order valence-corrected chi connectivity index (χ0v) is 19.4. The van der Waals surface area contributed by atoms with E-state index >= 15 is 0 Å². The van der Waals surface area contributed by atoms with Crippen LogP contribution in [0.4, 0.5) is 0 Å². The third-order valence-corrected chi connectivity index (χ3v) is 5.71. The molecule has 0 unspecified atom stereocenters. The molecule has 0 N–H and O–H groups in total. The number of rotatable bonds is 7. The lowest BCUT2D eigenvalue weighted by Gasteiger charge is -2.06. The topological polar surface area (TPSA) is 34.1 Å². The molecule has 2 nitrogen and oxygen atoms in total. The summed E-state index contributed by atoms with van der Waals surface area (Å²) in [5, 5.41) is 0. The summed E-state index contributed by atoms with van der Waals surface area (Å²) in [4.78, 5) is 25.1. The number of carbonyl (C=O) groups is 2. The van der Waals surface area contributed by atoms with Gasteiger partial charge in [0.1, 0.15) is 0 Å². The largest absolute Gasteiger partial charge is 0.289 e. The predicted octanol–water partition coefficient (Wildman–Crippen LogP) is 7.93. The van der Waals surface area contributed by atoms with Crippen molar-refractivity contribution in [3.05, 3.63) is 143 Å². The van der Waals surface area contributed by atoms with Gasteiger partial charge in [-0.1, -0.05) is 109 Å². The third kappa shape index (κ3) is 5.54. The van der Waals surface area contributed by atoms with Gasteiger partial charge >= 0.3 is 0 Å². The zero-order valence-electron chi connectivity index (χ0n) is 19.4. The monoisotopic (exact) mass is 442 g/mol. The SMILES string of the molecule is C/C(=C\c1ccc(-c2ccc(/C=C(\C)C(=O)c3ccccc3)cc2)cc1)C(=O)c1ccccc1. The van der Waals surface area contributed by atoms with E-state index in [2.05, 4.69) is 24.3 Å². The number of benzene rings is 4. The Hall–Kier alpha value is -4.30. The van der Waals surface area contributed by atoms with Crippen molar-refractivity contribution in [3.63, 3.8) is 0 Å². The van der Waals surface area contributed by atoms with Crippen molar-refractivity contribution >= 4 is 23.7 Å². The van der Waals surface area contributed by atoms with E-state index < -0.39 is 0 Å². The molecule has 34 heavy (non-hydrogen) atoms. The minimum absolute atomic E-state index is 0.0364. The lowest BCUT2D eigenvalue weighted by Crippen LogP contribution is -1.99. The first kappa shape index (κ1) is 22.9. The lowest BCUT2D eigenvalue weighted by atomic mass is 9.99. The molecule has 0 heterocycles. The first-order chi connectivity index (χ1) is 16.5. The van der Waals surface area contributed by atoms with Gasteiger partial charge in [-0.2, -0.15) is 0 Å². The summed E-state index contributed by atoms with van der Waals surface area (Å²) in [5.41, 5.74) is 6.96. The Bertz CT molecular complexity index is 1230. The average molecular weight is 443 g/mol. The minimum Gasteiger partial charge on any atom is -0.289 e. The second kappa shape index (κ2) is 10.5. The van der Waals surface area contributed by atoms with E-state index in [4.69, 9.17) is 0 Å². The zero-order chi connectivity index (χ0) is 23.9. The fourth-order valence-electron chi connectivity index (χ4n) is 3.81. The highest BCUT2D eigenvalue weighted by Gasteiger charge is 2.08. The van der Waals surface area contributed by atoms with Crippen molar-refractivity contribution in [2.75, 3.05) is 0 Å². The van der Waals surface area contributed by atoms with Crippen LogP contribution in [0.1, 0.15) is 45.7 Å². The third-order valence-electron chi connectivity index (χ3n) is 5.71. The van der Waals surface area contributed by atoms with Gasteiger partial charge in [-0.25, -0.2) is 0 Å². The van der Waals surface area contributed by atoms with E-state index in [0.717, 1.165) is 22.3 Å². The molecule has 0 aliphatic carbocycles. The van der Waals surface area contributed by atoms with Crippen molar-refractivity contribution in [1.82, 2.24) is 0 Å². The first-order valence-corrected chi connectivity index (χ1v) is 11.3. The standard InChI is InChI=1S/C32H26O2/c1-23(31(33)29-9-5-3-6-10-29)21-25-13-17-27(18-14-25)28-19-15-26(16-20-28)22-24(2)32(34)30-11-7-4-8-12-30/h3-22H,1-2H3/b23-21+,24-22+. The Morgan fingerprint density at radius 2 is 0.794 bits per heavy atom. The van der Waals surface area contributed by atoms with Crippen LogP contribution in [-0.2, 0) is 0 Å². The number of Topliss-reactive ketones (excluding diaryl/α,β-unsaturated/α-hetero) is 2. The lowest BCUT2D eigenvalue weighted by molar-refractivity contribution is 0.102. The van der Waals surface area contributed by atoms with E-state index in [9.17, 15) is 9.59 Å². The average Bonchev–Trinajstić information content (AvgIpc) is 2.89. The van der Waals surface area contributed by atoms with Crippen molar-refractivity contribution in [3.8, 4) is 11.1 Å². The van der Waals surface area contributed by atoms with Crippen molar-refractivity contribution < 1.29 is 9.59 Å². The van der Waals surface area contributed by atoms with Gasteiger partial charge in [0.05, 0.1) is 0 Å². The normalized spacial score (nSPS) is 11.8. The van der Waals surface area contributed by atoms with E-state index in [-0.39, 0.29) is 11.6 Å². The number of allylic oxidation sites excluding steroid dienone is 2. The van der Waals surface area contributed by atoms with E-state index in [1.807, 2.05) is 111 Å². The Morgan fingerprint density at radius 1 is 0.471 bits per heavy atom. The molecule has 0 fully saturated rings. The van der Waals surface area contributed by atoms with Gasteiger partial charge in [0.25, 0.3) is 0 Å². The fraction of sp³-hybridized carbons (Fsp3) is 0.0625. The summed E-state index contributed by atoms with van der Waals surface area (Å²) in [6, 6.07) is 35.0. The molecule has 166 valence electrons. The number of carbonyl (C=O) groups excluding carboxylic acids is 2. The summed E-state index contributed by atoms with van der Waals surface area (Å²) >= 11 is 0. The van der Waals surface area contributed by atoms with Gasteiger partial charge in [-0.15, -0.1) is 0 Å². The highest BCUT2D eigenvalue weighted by molar-refractivity contribution is 6.11. The van der Waals surface area contributed by atoms with Crippen molar-refractivity contribution in [2.24, 2.45) is 0 Å². The quantitative estimate of drug-likeness (QED) is 0.215. The van der Waals surface area contributed by atoms with E-state index in [1.165, 1.54) is 0 Å². The van der Waals surface area contributed by atoms with Crippen LogP contribution in [-0.4, -0.2) is 11.6 Å². The molecule has 0 spiro atoms. The van der Waals surface area contributed by atoms with Crippen LogP contribution >= 0.6 is 0 Å². The molecule has 0 bridgehead atoms. The number of hydrogen-bond donors (Lipinski definition) is 0. The molecule has 4 aromatic carbocycles. The van der Waals surface area contributed by atoms with Crippen LogP contribution in [0.3, 0.4) is 0 Å². The van der Waals surface area contributed by atoms with Crippen LogP contribution in [0.25, 0.3) is 23.3 Å². The van der Waals surface area contributed by atoms with Crippen molar-refractivity contribution in [1.29, 1.82) is 0 Å². The first-order valence-electron chi connectivity index (χ1n) is 11.3. The molecular weight excluding hydrogens is 416 g/mol. The Morgan fingerprint density at radius 3 is 1.12 bits per heavy atom. The molecular formula is C32H26O2. The maximum atomic E-state index is 12.6. The Balaban J connectivity index is 1.46. The van der Waals surface area contributed by atoms with Crippen LogP contribution in [0, 0.1) is 0 Å². The molecule has 4 rings (SSSR count). The second-order valence-electron chi connectivity index (χ2n) is 8.29. The highest BCUT2D eigenvalue weighted by Crippen LogP contribution is 2.23. The smallest absolute Gasteiger partial charge is 0.188 e. The molecule has 0 saturated heterocycles. The predicted molar refractivity (Wildman–Crippen MR) is 141 cm³/mol. The van der Waals surface area contributed by atoms with Crippen LogP contribution in [0.15, 0.2) is 120 Å². The summed E-state index contributed by atoms with van der Waals surface area (Å²) < 4.78 is 0. The Labute approximate surface area is 200 Å². The highest BCUT2D eigenvalue weighted by atomic mass is 16.1. The molecule has 4 aromatic rings. The number of ketones is 2. The van der Waals surface area contributed by atoms with Gasteiger partial charge in [-0.05, 0) is 59.4 Å². The van der Waals surface area contributed by atoms with Crippen molar-refractivity contribution in [2.45, 2.75) is 13.8 Å². The maximum Gasteiger partial charge on any atom is 0.188 e. The minimum atomic E-state index is 0.0364. The molecule has 0 radical (unpaired) electrons. The summed E-state index contributed by atoms with van der Waals surface area (Å²) in [6.07, 6.45) is 3.83. The molecule has 0 saturated carbocycles. The molecule has 0 aliphatic rings. The number of hydrogen-bond acceptors (Lipinski definition) is 2. The molecule has 2 heteroatoms. The molecule has 0 atom stereocenters. The fourth-order valence-corrected chi connectivity index (χ4v) is 3.81. The summed E-state index contributed by atoms with van der Waals surface area (Å²) in [7, 11) is 0. The second-order valence-corrected chi connectivity index (χ2v) is 8.29. The van der Waals surface area contributed by atoms with E-state index in [0.29, 0.717) is 22.3 Å². The van der Waals surface area contributed by atoms with Crippen LogP contribution in [0.5, 0.6) is 0 Å². The van der Waals surface area contributed by atoms with Gasteiger partial charge in [-0.3, -0.25) is 9.59 Å². The van der Waals surface area contributed by atoms with Gasteiger partial charge in [0, 0.05) is 11.1 Å². The van der Waals surface area contributed by atoms with Gasteiger partial charge in [0.2, 0.25) is 0 Å². The summed E-state index contributed by atoms with van der Waals surface area (Å²) in [6.45, 7) is 3.69. The van der Waals surface area contributed by atoms with E-state index in [1.54, 1.807) is 0 Å². The van der Waals surface area contributed by atoms with Crippen LogP contribution < -0.4 is 0 Å².